The molecule has 6 heteroatoms. The summed E-state index contributed by atoms with van der Waals surface area (Å²) < 4.78 is 0. The van der Waals surface area contributed by atoms with Crippen molar-refractivity contribution in [2.75, 3.05) is 0 Å². The molecule has 0 bridgehead atoms. The molecule has 4 nitrogen and oxygen atoms in total. The zero-order valence-corrected chi connectivity index (χ0v) is 16.0. The molecule has 0 spiro atoms. The van der Waals surface area contributed by atoms with Gasteiger partial charge in [0.25, 0.3) is 0 Å². The van der Waals surface area contributed by atoms with Gasteiger partial charge in [-0.2, -0.15) is 0 Å². The van der Waals surface area contributed by atoms with Crippen molar-refractivity contribution in [3.8, 4) is 0 Å². The number of carbonyl (C=O) groups excluding carboxylic acids is 1. The summed E-state index contributed by atoms with van der Waals surface area (Å²) in [6.07, 6.45) is 3.37. The van der Waals surface area contributed by atoms with Gasteiger partial charge in [-0.05, 0) is 42.7 Å². The van der Waals surface area contributed by atoms with E-state index >= 15 is 0 Å². The normalized spacial score (nSPS) is 14.0. The highest BCUT2D eigenvalue weighted by atomic mass is 35.5. The maximum absolute atomic E-state index is 11.7. The van der Waals surface area contributed by atoms with Crippen molar-refractivity contribution in [3.63, 3.8) is 0 Å². The number of hydrogen-bond donors (Lipinski definition) is 0. The van der Waals surface area contributed by atoms with Crippen molar-refractivity contribution < 1.29 is 9.63 Å². The molecule has 0 aliphatic heterocycles. The van der Waals surface area contributed by atoms with Crippen molar-refractivity contribution in [3.05, 3.63) is 70.7 Å². The fourth-order valence-corrected chi connectivity index (χ4v) is 3.65. The van der Waals surface area contributed by atoms with E-state index in [2.05, 4.69) is 5.16 Å². The average Bonchev–Trinajstić information content (AvgIpc) is 3.53. The zero-order chi connectivity index (χ0) is 18.6. The van der Waals surface area contributed by atoms with E-state index in [1.54, 1.807) is 18.0 Å². The smallest absolute Gasteiger partial charge is 0.318 e. The SMILES string of the molecule is O=C(ON=Cc1cc2ccccc2nc1SCc1ccc(Cl)cc1)C1CC1. The Bertz CT molecular complexity index is 1000. The van der Waals surface area contributed by atoms with E-state index in [0.717, 1.165) is 50.7 Å². The first-order valence-corrected chi connectivity index (χ1v) is 10.1. The number of oxime groups is 1. The summed E-state index contributed by atoms with van der Waals surface area (Å²) in [6.45, 7) is 0. The second-order valence-electron chi connectivity index (χ2n) is 6.41. The van der Waals surface area contributed by atoms with Crippen LogP contribution < -0.4 is 0 Å². The van der Waals surface area contributed by atoms with E-state index < -0.39 is 0 Å². The Morgan fingerprint density at radius 3 is 2.78 bits per heavy atom. The van der Waals surface area contributed by atoms with E-state index in [1.807, 2.05) is 54.6 Å². The molecule has 4 rings (SSSR count). The molecule has 1 aliphatic carbocycles. The lowest BCUT2D eigenvalue weighted by molar-refractivity contribution is -0.145. The fraction of sp³-hybridized carbons (Fsp3) is 0.190. The van der Waals surface area contributed by atoms with Crippen LogP contribution in [0.5, 0.6) is 0 Å². The van der Waals surface area contributed by atoms with E-state index in [9.17, 15) is 4.79 Å². The van der Waals surface area contributed by atoms with Crippen LogP contribution in [0.15, 0.2) is 64.8 Å². The van der Waals surface area contributed by atoms with Crippen LogP contribution in [0.4, 0.5) is 0 Å². The van der Waals surface area contributed by atoms with Crippen LogP contribution in [-0.4, -0.2) is 17.2 Å². The Labute approximate surface area is 166 Å². The number of nitrogens with zero attached hydrogens (tertiary/aromatic N) is 2. The van der Waals surface area contributed by atoms with Gasteiger partial charge in [0, 0.05) is 21.7 Å². The van der Waals surface area contributed by atoms with Gasteiger partial charge >= 0.3 is 5.97 Å². The van der Waals surface area contributed by atoms with Gasteiger partial charge in [-0.3, -0.25) is 0 Å². The standard InChI is InChI=1S/C21H17ClN2O2S/c22-18-9-5-14(6-10-18)13-27-20-17(12-23-26-21(25)15-7-8-15)11-16-3-1-2-4-19(16)24-20/h1-6,9-12,15H,7-8,13H2. The summed E-state index contributed by atoms with van der Waals surface area (Å²) in [4.78, 5) is 21.4. The summed E-state index contributed by atoms with van der Waals surface area (Å²) in [5.41, 5.74) is 2.90. The zero-order valence-electron chi connectivity index (χ0n) is 14.5. The van der Waals surface area contributed by atoms with Gasteiger partial charge in [0.2, 0.25) is 0 Å². The molecule has 1 heterocycles. The molecule has 136 valence electrons. The van der Waals surface area contributed by atoms with Crippen LogP contribution in [0.3, 0.4) is 0 Å². The Morgan fingerprint density at radius 1 is 1.22 bits per heavy atom. The maximum Gasteiger partial charge on any atom is 0.338 e. The number of aromatic nitrogens is 1. The van der Waals surface area contributed by atoms with E-state index in [1.165, 1.54) is 0 Å². The van der Waals surface area contributed by atoms with Gasteiger partial charge in [0.15, 0.2) is 0 Å². The molecule has 1 aromatic heterocycles. The summed E-state index contributed by atoms with van der Waals surface area (Å²) in [5.74, 6) is 0.525. The minimum absolute atomic E-state index is 0.0237. The highest BCUT2D eigenvalue weighted by Gasteiger charge is 2.31. The van der Waals surface area contributed by atoms with E-state index in [0.29, 0.717) is 0 Å². The molecule has 27 heavy (non-hydrogen) atoms. The highest BCUT2D eigenvalue weighted by molar-refractivity contribution is 7.98. The second-order valence-corrected chi connectivity index (χ2v) is 7.81. The molecule has 3 aromatic rings. The monoisotopic (exact) mass is 396 g/mol. The third-order valence-electron chi connectivity index (χ3n) is 4.25. The molecule has 0 atom stereocenters. The van der Waals surface area contributed by atoms with E-state index in [4.69, 9.17) is 21.4 Å². The highest BCUT2D eigenvalue weighted by Crippen LogP contribution is 2.30. The Morgan fingerprint density at radius 2 is 2.00 bits per heavy atom. The van der Waals surface area contributed by atoms with Crippen LogP contribution in [0.2, 0.25) is 5.02 Å². The lowest BCUT2D eigenvalue weighted by Gasteiger charge is -2.07. The second kappa shape index (κ2) is 8.11. The Kier molecular flexibility index (Phi) is 5.41. The molecule has 0 N–H and O–H groups in total. The molecule has 1 fully saturated rings. The Hall–Kier alpha value is -2.37. The lowest BCUT2D eigenvalue weighted by atomic mass is 10.2. The van der Waals surface area contributed by atoms with Crippen LogP contribution in [0.1, 0.15) is 24.0 Å². The minimum Gasteiger partial charge on any atom is -0.318 e. The number of halogens is 1. The quantitative estimate of drug-likeness (QED) is 0.240. The van der Waals surface area contributed by atoms with Crippen molar-refractivity contribution in [2.24, 2.45) is 11.1 Å². The Balaban J connectivity index is 1.56. The lowest BCUT2D eigenvalue weighted by Crippen LogP contribution is -2.02. The summed E-state index contributed by atoms with van der Waals surface area (Å²) in [6, 6.07) is 17.7. The molecule has 0 saturated heterocycles. The van der Waals surface area contributed by atoms with Crippen molar-refractivity contribution >= 4 is 46.4 Å². The minimum atomic E-state index is -0.254. The summed E-state index contributed by atoms with van der Waals surface area (Å²) >= 11 is 7.56. The average molecular weight is 397 g/mol. The van der Waals surface area contributed by atoms with Crippen LogP contribution in [0, 0.1) is 5.92 Å². The fourth-order valence-electron chi connectivity index (χ4n) is 2.58. The molecule has 0 amide bonds. The molecule has 0 unspecified atom stereocenters. The number of carbonyl (C=O) groups is 1. The molecule has 1 aliphatic rings. The predicted octanol–water partition coefficient (Wildman–Crippen LogP) is 5.47. The largest absolute Gasteiger partial charge is 0.338 e. The first-order valence-electron chi connectivity index (χ1n) is 8.70. The number of thioether (sulfide) groups is 1. The predicted molar refractivity (Wildman–Crippen MR) is 109 cm³/mol. The van der Waals surface area contributed by atoms with Crippen molar-refractivity contribution in [1.29, 1.82) is 0 Å². The van der Waals surface area contributed by atoms with Crippen molar-refractivity contribution in [2.45, 2.75) is 23.6 Å². The van der Waals surface area contributed by atoms with Gasteiger partial charge in [-0.1, -0.05) is 47.1 Å². The van der Waals surface area contributed by atoms with Crippen LogP contribution in [0.25, 0.3) is 10.9 Å². The van der Waals surface area contributed by atoms with Gasteiger partial charge < -0.3 is 4.84 Å². The van der Waals surface area contributed by atoms with Gasteiger partial charge in [-0.15, -0.1) is 11.8 Å². The van der Waals surface area contributed by atoms with Gasteiger partial charge in [0.05, 0.1) is 17.6 Å². The van der Waals surface area contributed by atoms with Crippen LogP contribution in [-0.2, 0) is 15.4 Å². The van der Waals surface area contributed by atoms with E-state index in [-0.39, 0.29) is 11.9 Å². The number of hydrogen-bond acceptors (Lipinski definition) is 5. The van der Waals surface area contributed by atoms with Crippen molar-refractivity contribution in [1.82, 2.24) is 4.98 Å². The summed E-state index contributed by atoms with van der Waals surface area (Å²) in [7, 11) is 0. The topological polar surface area (TPSA) is 51.5 Å². The number of para-hydroxylation sites is 1. The number of benzene rings is 2. The molecular formula is C21H17ClN2O2S. The number of pyridine rings is 1. The first kappa shape index (κ1) is 18.0. The molecule has 0 radical (unpaired) electrons. The summed E-state index contributed by atoms with van der Waals surface area (Å²) in [5, 5.41) is 6.47. The molecular weight excluding hydrogens is 380 g/mol. The third-order valence-corrected chi connectivity index (χ3v) is 5.58. The van der Waals surface area contributed by atoms with Gasteiger partial charge in [0.1, 0.15) is 5.03 Å². The molecule has 2 aromatic carbocycles. The number of rotatable bonds is 6. The van der Waals surface area contributed by atoms with Crippen LogP contribution >= 0.6 is 23.4 Å². The van der Waals surface area contributed by atoms with Gasteiger partial charge in [-0.25, -0.2) is 9.78 Å². The molecule has 1 saturated carbocycles. The number of fused-ring (bicyclic) bond motifs is 1. The maximum atomic E-state index is 11.7. The first-order chi connectivity index (χ1) is 13.2. The third kappa shape index (κ3) is 4.67.